The van der Waals surface area contributed by atoms with Crippen LogP contribution in [0, 0.1) is 5.41 Å². The van der Waals surface area contributed by atoms with E-state index in [1.165, 1.54) is 12.4 Å². The van der Waals surface area contributed by atoms with Crippen LogP contribution < -0.4 is 16.8 Å². The second-order valence-corrected chi connectivity index (χ2v) is 4.66. The normalized spacial score (nSPS) is 10.9. The Bertz CT molecular complexity index is 446. The summed E-state index contributed by atoms with van der Waals surface area (Å²) in [5.74, 6) is 0.0556. The summed E-state index contributed by atoms with van der Waals surface area (Å²) in [5, 5.41) is 2.97. The fraction of sp³-hybridized carbons (Fsp3) is 0.400. The number of hydrogen-bond donors (Lipinski definition) is 3. The molecular weight excluding hydrogens is 238 g/mol. The molecule has 0 bridgehead atoms. The molecule has 0 aliphatic heterocycles. The first-order valence-corrected chi connectivity index (χ1v) is 5.40. The Labute approximate surface area is 105 Å². The molecule has 7 heteroatoms. The Morgan fingerprint density at radius 1 is 1.41 bits per heavy atom. The number of carbonyl (C=O) groups excluding carboxylic acids is 1. The maximum Gasteiger partial charge on any atom is 0.224 e. The van der Waals surface area contributed by atoms with Gasteiger partial charge >= 0.3 is 0 Å². The lowest BCUT2D eigenvalue weighted by Crippen LogP contribution is -2.37. The highest BCUT2D eigenvalue weighted by atomic mass is 32.1. The Morgan fingerprint density at radius 3 is 2.53 bits per heavy atom. The minimum absolute atomic E-state index is 0.150. The third kappa shape index (κ3) is 3.35. The van der Waals surface area contributed by atoms with Crippen LogP contribution in [-0.4, -0.2) is 27.4 Å². The lowest BCUT2D eigenvalue weighted by Gasteiger charge is -2.21. The number of nitrogens with two attached hydrogens (primary N) is 2. The van der Waals surface area contributed by atoms with Gasteiger partial charge in [0.1, 0.15) is 10.7 Å². The van der Waals surface area contributed by atoms with Crippen LogP contribution in [-0.2, 0) is 4.79 Å². The summed E-state index contributed by atoms with van der Waals surface area (Å²) in [7, 11) is 0. The molecule has 0 spiro atoms. The second kappa shape index (κ2) is 5.05. The minimum atomic E-state index is -0.689. The summed E-state index contributed by atoms with van der Waals surface area (Å²) in [6.07, 6.45) is 3.01. The van der Waals surface area contributed by atoms with Crippen molar-refractivity contribution in [1.82, 2.24) is 9.97 Å². The average Bonchev–Trinajstić information content (AvgIpc) is 2.26. The highest BCUT2D eigenvalue weighted by Gasteiger charge is 2.25. The van der Waals surface area contributed by atoms with Gasteiger partial charge in [-0.05, 0) is 13.8 Å². The Kier molecular flexibility index (Phi) is 3.95. The molecule has 92 valence electrons. The lowest BCUT2D eigenvalue weighted by atomic mass is 9.93. The SMILES string of the molecule is CC(C)(CNc1nccnc1C(N)=S)C(N)=O. The largest absolute Gasteiger partial charge is 0.388 e. The summed E-state index contributed by atoms with van der Waals surface area (Å²) in [6, 6.07) is 0. The highest BCUT2D eigenvalue weighted by Crippen LogP contribution is 2.16. The molecule has 0 aliphatic rings. The average molecular weight is 253 g/mol. The second-order valence-electron chi connectivity index (χ2n) is 4.22. The zero-order valence-electron chi connectivity index (χ0n) is 9.73. The number of primary amides is 1. The quantitative estimate of drug-likeness (QED) is 0.639. The van der Waals surface area contributed by atoms with E-state index in [1.807, 2.05) is 0 Å². The zero-order valence-corrected chi connectivity index (χ0v) is 10.5. The van der Waals surface area contributed by atoms with Crippen LogP contribution in [0.2, 0.25) is 0 Å². The van der Waals surface area contributed by atoms with Gasteiger partial charge in [-0.15, -0.1) is 0 Å². The number of hydrogen-bond acceptors (Lipinski definition) is 5. The van der Waals surface area contributed by atoms with Crippen molar-refractivity contribution in [2.45, 2.75) is 13.8 Å². The molecular formula is C10H15N5OS. The van der Waals surface area contributed by atoms with Gasteiger partial charge < -0.3 is 16.8 Å². The molecule has 0 radical (unpaired) electrons. The maximum absolute atomic E-state index is 11.2. The Balaban J connectivity index is 2.83. The van der Waals surface area contributed by atoms with Crippen molar-refractivity contribution in [3.63, 3.8) is 0 Å². The van der Waals surface area contributed by atoms with E-state index in [-0.39, 0.29) is 4.99 Å². The predicted octanol–water partition coefficient (Wildman–Crippen LogP) is 0.0342. The topological polar surface area (TPSA) is 107 Å². The molecule has 0 aromatic carbocycles. The van der Waals surface area contributed by atoms with E-state index >= 15 is 0 Å². The van der Waals surface area contributed by atoms with Crippen LogP contribution in [0.4, 0.5) is 5.82 Å². The smallest absolute Gasteiger partial charge is 0.224 e. The lowest BCUT2D eigenvalue weighted by molar-refractivity contribution is -0.125. The summed E-state index contributed by atoms with van der Waals surface area (Å²) >= 11 is 4.85. The van der Waals surface area contributed by atoms with E-state index in [0.717, 1.165) is 0 Å². The van der Waals surface area contributed by atoms with Gasteiger partial charge in [-0.3, -0.25) is 4.79 Å². The molecule has 0 unspecified atom stereocenters. The first kappa shape index (κ1) is 13.3. The van der Waals surface area contributed by atoms with Gasteiger partial charge in [-0.1, -0.05) is 12.2 Å². The van der Waals surface area contributed by atoms with Crippen LogP contribution in [0.15, 0.2) is 12.4 Å². The number of rotatable bonds is 5. The number of anilines is 1. The van der Waals surface area contributed by atoms with Crippen LogP contribution in [0.1, 0.15) is 19.5 Å². The number of carbonyl (C=O) groups is 1. The summed E-state index contributed by atoms with van der Waals surface area (Å²) < 4.78 is 0. The molecule has 1 heterocycles. The van der Waals surface area contributed by atoms with Gasteiger partial charge in [0.15, 0.2) is 5.82 Å². The zero-order chi connectivity index (χ0) is 13.1. The molecule has 17 heavy (non-hydrogen) atoms. The van der Waals surface area contributed by atoms with Crippen molar-refractivity contribution in [3.8, 4) is 0 Å². The fourth-order valence-electron chi connectivity index (χ4n) is 1.04. The predicted molar refractivity (Wildman–Crippen MR) is 69.4 cm³/mol. The minimum Gasteiger partial charge on any atom is -0.388 e. The summed E-state index contributed by atoms with van der Waals surface area (Å²) in [4.78, 5) is 19.4. The number of nitrogens with zero attached hydrogens (tertiary/aromatic N) is 2. The molecule has 0 saturated heterocycles. The standard InChI is InChI=1S/C10H15N5OS/c1-10(2,9(12)16)5-15-8-6(7(11)17)13-3-4-14-8/h3-4H,5H2,1-2H3,(H2,11,17)(H2,12,16)(H,14,15). The monoisotopic (exact) mass is 253 g/mol. The summed E-state index contributed by atoms with van der Waals surface area (Å²) in [5.41, 5.74) is 10.5. The van der Waals surface area contributed by atoms with Gasteiger partial charge in [0.25, 0.3) is 0 Å². The molecule has 0 fully saturated rings. The van der Waals surface area contributed by atoms with Gasteiger partial charge in [-0.25, -0.2) is 9.97 Å². The Morgan fingerprint density at radius 2 is 2.00 bits per heavy atom. The molecule has 1 rings (SSSR count). The molecule has 6 nitrogen and oxygen atoms in total. The van der Waals surface area contributed by atoms with Gasteiger partial charge in [0.05, 0.1) is 5.41 Å². The first-order valence-electron chi connectivity index (χ1n) is 4.99. The van der Waals surface area contributed by atoms with Gasteiger partial charge in [-0.2, -0.15) is 0 Å². The van der Waals surface area contributed by atoms with Crippen molar-refractivity contribution in [1.29, 1.82) is 0 Å². The number of thiocarbonyl (C=S) groups is 1. The highest BCUT2D eigenvalue weighted by molar-refractivity contribution is 7.80. The van der Waals surface area contributed by atoms with Crippen LogP contribution in [0.3, 0.4) is 0 Å². The van der Waals surface area contributed by atoms with Crippen molar-refractivity contribution in [2.75, 3.05) is 11.9 Å². The van der Waals surface area contributed by atoms with E-state index in [1.54, 1.807) is 13.8 Å². The van der Waals surface area contributed by atoms with E-state index in [0.29, 0.717) is 18.1 Å². The van der Waals surface area contributed by atoms with E-state index in [9.17, 15) is 4.79 Å². The van der Waals surface area contributed by atoms with E-state index in [4.69, 9.17) is 23.7 Å². The van der Waals surface area contributed by atoms with Crippen LogP contribution in [0.5, 0.6) is 0 Å². The number of nitrogens with one attached hydrogen (secondary N) is 1. The third-order valence-electron chi connectivity index (χ3n) is 2.30. The van der Waals surface area contributed by atoms with Crippen molar-refractivity contribution in [3.05, 3.63) is 18.1 Å². The Hall–Kier alpha value is -1.76. The van der Waals surface area contributed by atoms with Crippen molar-refractivity contribution in [2.24, 2.45) is 16.9 Å². The van der Waals surface area contributed by atoms with Crippen molar-refractivity contribution >= 4 is 28.9 Å². The molecule has 1 aromatic heterocycles. The van der Waals surface area contributed by atoms with Crippen LogP contribution in [0.25, 0.3) is 0 Å². The molecule has 5 N–H and O–H groups in total. The van der Waals surface area contributed by atoms with E-state index in [2.05, 4.69) is 15.3 Å². The summed E-state index contributed by atoms with van der Waals surface area (Å²) in [6.45, 7) is 3.80. The maximum atomic E-state index is 11.2. The van der Waals surface area contributed by atoms with Gasteiger partial charge in [0.2, 0.25) is 5.91 Å². The molecule has 1 amide bonds. The first-order chi connectivity index (χ1) is 7.84. The van der Waals surface area contributed by atoms with Crippen molar-refractivity contribution < 1.29 is 4.79 Å². The number of amides is 1. The molecule has 0 atom stereocenters. The van der Waals surface area contributed by atoms with E-state index < -0.39 is 11.3 Å². The van der Waals surface area contributed by atoms with Gasteiger partial charge in [0, 0.05) is 18.9 Å². The number of aromatic nitrogens is 2. The fourth-order valence-corrected chi connectivity index (χ4v) is 1.19. The molecule has 0 saturated carbocycles. The third-order valence-corrected chi connectivity index (χ3v) is 2.49. The molecule has 0 aliphatic carbocycles. The van der Waals surface area contributed by atoms with Crippen LogP contribution >= 0.6 is 12.2 Å². The molecule has 1 aromatic rings.